The third kappa shape index (κ3) is 1.18. The average Bonchev–Trinajstić information content (AvgIpc) is 2.58. The zero-order valence-corrected chi connectivity index (χ0v) is 7.77. The summed E-state index contributed by atoms with van der Waals surface area (Å²) in [5.41, 5.74) is 10.3. The number of nitrogens with one attached hydrogen (secondary N) is 1. The van der Waals surface area contributed by atoms with Gasteiger partial charge in [0.15, 0.2) is 0 Å². The van der Waals surface area contributed by atoms with Crippen LogP contribution >= 0.6 is 0 Å². The van der Waals surface area contributed by atoms with Gasteiger partial charge in [0, 0.05) is 17.7 Å². The van der Waals surface area contributed by atoms with E-state index in [0.29, 0.717) is 0 Å². The highest BCUT2D eigenvalue weighted by Gasteiger charge is 2.39. The molecule has 0 saturated heterocycles. The second-order valence-corrected chi connectivity index (χ2v) is 4.52. The van der Waals surface area contributed by atoms with Gasteiger partial charge in [0.1, 0.15) is 0 Å². The molecule has 1 aromatic rings. The Kier molecular flexibility index (Phi) is 1.37. The van der Waals surface area contributed by atoms with E-state index in [1.54, 1.807) is 0 Å². The average molecular weight is 177 g/mol. The first-order valence-electron chi connectivity index (χ1n) is 5.11. The van der Waals surface area contributed by atoms with Crippen LogP contribution in [0, 0.1) is 0 Å². The van der Waals surface area contributed by atoms with Gasteiger partial charge in [0.25, 0.3) is 0 Å². The maximum atomic E-state index is 6.08. The minimum atomic E-state index is 0.103. The molecule has 0 spiro atoms. The van der Waals surface area contributed by atoms with Crippen LogP contribution in [0.4, 0.5) is 0 Å². The molecule has 1 saturated carbocycles. The number of rotatable bonds is 2. The van der Waals surface area contributed by atoms with E-state index in [9.17, 15) is 0 Å². The molecule has 0 radical (unpaired) electrons. The Balaban J connectivity index is 1.88. The van der Waals surface area contributed by atoms with Crippen molar-refractivity contribution in [3.63, 3.8) is 0 Å². The molecule has 0 atom stereocenters. The largest absolute Gasteiger partial charge is 0.325 e. The van der Waals surface area contributed by atoms with Crippen molar-refractivity contribution in [2.45, 2.75) is 44.1 Å². The molecule has 0 bridgehead atoms. The van der Waals surface area contributed by atoms with E-state index in [1.165, 1.54) is 49.1 Å². The quantitative estimate of drug-likeness (QED) is 0.706. The van der Waals surface area contributed by atoms with E-state index >= 15 is 0 Å². The molecule has 0 aliphatic heterocycles. The van der Waals surface area contributed by atoms with Crippen molar-refractivity contribution in [3.8, 4) is 0 Å². The minimum absolute atomic E-state index is 0.103. The number of aromatic amines is 1. The van der Waals surface area contributed by atoms with Crippen LogP contribution in [0.25, 0.3) is 0 Å². The van der Waals surface area contributed by atoms with E-state index in [-0.39, 0.29) is 5.54 Å². The van der Waals surface area contributed by atoms with Crippen molar-refractivity contribution in [3.05, 3.63) is 17.0 Å². The molecule has 2 aliphatic carbocycles. The number of H-pyrrole nitrogens is 1. The molecule has 13 heavy (non-hydrogen) atoms. The summed E-state index contributed by atoms with van der Waals surface area (Å²) < 4.78 is 0. The maximum Gasteiger partial charge on any atom is 0.0675 e. The Morgan fingerprint density at radius 1 is 1.38 bits per heavy atom. The lowest BCUT2D eigenvalue weighted by atomic mass is 10.1. The summed E-state index contributed by atoms with van der Waals surface area (Å²) in [6.45, 7) is 0. The summed E-state index contributed by atoms with van der Waals surface area (Å²) >= 11 is 0. The third-order valence-corrected chi connectivity index (χ3v) is 3.30. The fourth-order valence-corrected chi connectivity index (χ4v) is 2.21. The van der Waals surface area contributed by atoms with Gasteiger partial charge in [-0.3, -0.25) is 5.10 Å². The molecular weight excluding hydrogens is 162 g/mol. The van der Waals surface area contributed by atoms with Gasteiger partial charge >= 0.3 is 0 Å². The summed E-state index contributed by atoms with van der Waals surface area (Å²) in [6, 6.07) is 0. The van der Waals surface area contributed by atoms with Crippen molar-refractivity contribution >= 4 is 0 Å². The second-order valence-electron chi connectivity index (χ2n) is 4.52. The van der Waals surface area contributed by atoms with Crippen LogP contribution < -0.4 is 5.73 Å². The van der Waals surface area contributed by atoms with Gasteiger partial charge in [-0.1, -0.05) is 0 Å². The smallest absolute Gasteiger partial charge is 0.0675 e. The lowest BCUT2D eigenvalue weighted by Crippen LogP contribution is -2.25. The summed E-state index contributed by atoms with van der Waals surface area (Å²) in [4.78, 5) is 0. The van der Waals surface area contributed by atoms with Crippen molar-refractivity contribution < 1.29 is 0 Å². The molecule has 3 heteroatoms. The molecule has 1 heterocycles. The molecule has 1 fully saturated rings. The molecule has 0 unspecified atom stereocenters. The van der Waals surface area contributed by atoms with Crippen molar-refractivity contribution in [2.24, 2.45) is 5.73 Å². The lowest BCUT2D eigenvalue weighted by Gasteiger charge is -2.06. The summed E-state index contributed by atoms with van der Waals surface area (Å²) in [5.74, 6) is 0. The highest BCUT2D eigenvalue weighted by atomic mass is 15.1. The first-order valence-corrected chi connectivity index (χ1v) is 5.11. The molecule has 3 rings (SSSR count). The van der Waals surface area contributed by atoms with Crippen molar-refractivity contribution in [2.75, 3.05) is 0 Å². The van der Waals surface area contributed by atoms with Crippen LogP contribution in [-0.4, -0.2) is 15.7 Å². The minimum Gasteiger partial charge on any atom is -0.325 e. The standard InChI is InChI=1S/C10H15N3/c11-10(4-5-10)6-9-7-2-1-3-8(7)12-13-9/h1-6,11H2,(H,12,13). The van der Waals surface area contributed by atoms with Crippen LogP contribution in [0.5, 0.6) is 0 Å². The van der Waals surface area contributed by atoms with Crippen LogP contribution in [0.3, 0.4) is 0 Å². The van der Waals surface area contributed by atoms with Gasteiger partial charge in [-0.15, -0.1) is 0 Å². The first kappa shape index (κ1) is 7.56. The van der Waals surface area contributed by atoms with Crippen LogP contribution in [0.15, 0.2) is 0 Å². The normalized spacial score (nSPS) is 23.2. The van der Waals surface area contributed by atoms with Gasteiger partial charge < -0.3 is 5.73 Å². The Bertz CT molecular complexity index is 336. The van der Waals surface area contributed by atoms with Gasteiger partial charge in [0.05, 0.1) is 5.69 Å². The number of nitrogens with zero attached hydrogens (tertiary/aromatic N) is 1. The van der Waals surface area contributed by atoms with Crippen molar-refractivity contribution in [1.29, 1.82) is 0 Å². The number of fused-ring (bicyclic) bond motifs is 1. The Labute approximate surface area is 77.7 Å². The van der Waals surface area contributed by atoms with Crippen LogP contribution in [0.1, 0.15) is 36.2 Å². The number of hydrogen-bond donors (Lipinski definition) is 2. The van der Waals surface area contributed by atoms with Gasteiger partial charge in [-0.25, -0.2) is 0 Å². The van der Waals surface area contributed by atoms with E-state index in [1.807, 2.05) is 0 Å². The maximum absolute atomic E-state index is 6.08. The first-order chi connectivity index (χ1) is 6.27. The SMILES string of the molecule is NC1(Cc2n[nH]c3c2CCC3)CC1. The summed E-state index contributed by atoms with van der Waals surface area (Å²) in [7, 11) is 0. The monoisotopic (exact) mass is 177 g/mol. The molecule has 2 aliphatic rings. The molecule has 0 aromatic carbocycles. The summed E-state index contributed by atoms with van der Waals surface area (Å²) in [6.07, 6.45) is 7.01. The highest BCUT2D eigenvalue weighted by molar-refractivity contribution is 5.31. The van der Waals surface area contributed by atoms with E-state index in [4.69, 9.17) is 5.73 Å². The molecule has 70 valence electrons. The Morgan fingerprint density at radius 2 is 2.23 bits per heavy atom. The fourth-order valence-electron chi connectivity index (χ4n) is 2.21. The number of aryl methyl sites for hydroxylation is 1. The predicted molar refractivity (Wildman–Crippen MR) is 50.5 cm³/mol. The second kappa shape index (κ2) is 2.35. The fraction of sp³-hybridized carbons (Fsp3) is 0.700. The Hall–Kier alpha value is -0.830. The zero-order valence-electron chi connectivity index (χ0n) is 7.77. The lowest BCUT2D eigenvalue weighted by molar-refractivity contribution is 0.651. The van der Waals surface area contributed by atoms with E-state index in [0.717, 1.165) is 6.42 Å². The van der Waals surface area contributed by atoms with E-state index < -0.39 is 0 Å². The van der Waals surface area contributed by atoms with Gasteiger partial charge in [-0.2, -0.15) is 5.10 Å². The Morgan fingerprint density at radius 3 is 3.00 bits per heavy atom. The number of hydrogen-bond acceptors (Lipinski definition) is 2. The predicted octanol–water partition coefficient (Wildman–Crippen LogP) is 0.932. The molecule has 0 amide bonds. The molecule has 3 N–H and O–H groups in total. The van der Waals surface area contributed by atoms with Crippen LogP contribution in [-0.2, 0) is 19.3 Å². The van der Waals surface area contributed by atoms with Gasteiger partial charge in [-0.05, 0) is 37.7 Å². The van der Waals surface area contributed by atoms with Crippen molar-refractivity contribution in [1.82, 2.24) is 10.2 Å². The van der Waals surface area contributed by atoms with Crippen LogP contribution in [0.2, 0.25) is 0 Å². The topological polar surface area (TPSA) is 54.7 Å². The molecular formula is C10H15N3. The molecule has 3 nitrogen and oxygen atoms in total. The molecule has 1 aromatic heterocycles. The van der Waals surface area contributed by atoms with E-state index in [2.05, 4.69) is 10.2 Å². The zero-order chi connectivity index (χ0) is 8.89. The third-order valence-electron chi connectivity index (χ3n) is 3.30. The van der Waals surface area contributed by atoms with Gasteiger partial charge in [0.2, 0.25) is 0 Å². The number of nitrogens with two attached hydrogens (primary N) is 1. The number of aromatic nitrogens is 2. The highest BCUT2D eigenvalue weighted by Crippen LogP contribution is 2.37. The summed E-state index contributed by atoms with van der Waals surface area (Å²) in [5, 5.41) is 7.49.